The molecule has 23 heavy (non-hydrogen) atoms. The Kier molecular flexibility index (Phi) is 6.17. The fourth-order valence-electron chi connectivity index (χ4n) is 1.92. The summed E-state index contributed by atoms with van der Waals surface area (Å²) in [7, 11) is 1.60. The molecule has 0 fully saturated rings. The van der Waals surface area contributed by atoms with Crippen LogP contribution in [0.2, 0.25) is 0 Å². The molecular formula is C17H19NO4S. The van der Waals surface area contributed by atoms with E-state index in [1.165, 1.54) is 11.3 Å². The van der Waals surface area contributed by atoms with Gasteiger partial charge < -0.3 is 14.8 Å². The van der Waals surface area contributed by atoms with E-state index in [9.17, 15) is 9.59 Å². The Morgan fingerprint density at radius 1 is 1.22 bits per heavy atom. The van der Waals surface area contributed by atoms with Gasteiger partial charge in [-0.2, -0.15) is 0 Å². The lowest BCUT2D eigenvalue weighted by molar-refractivity contribution is -0.154. The number of thiophene rings is 1. The first-order valence-corrected chi connectivity index (χ1v) is 8.09. The number of hydrogen-bond donors (Lipinski definition) is 1. The Hall–Kier alpha value is -2.34. The summed E-state index contributed by atoms with van der Waals surface area (Å²) in [5.74, 6) is 0.0378. The molecule has 0 spiro atoms. The second kappa shape index (κ2) is 8.33. The Bertz CT molecular complexity index is 637. The lowest BCUT2D eigenvalue weighted by Gasteiger charge is -2.13. The van der Waals surface area contributed by atoms with Crippen LogP contribution in [0, 0.1) is 0 Å². The summed E-state index contributed by atoms with van der Waals surface area (Å²) in [6, 6.07) is 11.1. The number of amides is 1. The summed E-state index contributed by atoms with van der Waals surface area (Å²) in [4.78, 5) is 24.6. The summed E-state index contributed by atoms with van der Waals surface area (Å²) in [6.45, 7) is 1.94. The quantitative estimate of drug-likeness (QED) is 0.791. The van der Waals surface area contributed by atoms with Crippen molar-refractivity contribution >= 4 is 23.2 Å². The number of nitrogens with one attached hydrogen (secondary N) is 1. The fourth-order valence-corrected chi connectivity index (χ4v) is 2.61. The zero-order valence-electron chi connectivity index (χ0n) is 13.1. The van der Waals surface area contributed by atoms with Gasteiger partial charge in [-0.15, -0.1) is 11.3 Å². The molecule has 5 nitrogen and oxygen atoms in total. The molecule has 0 aliphatic carbocycles. The van der Waals surface area contributed by atoms with Gasteiger partial charge in [0.1, 0.15) is 5.75 Å². The number of esters is 1. The standard InChI is InChI=1S/C17H19NO4S/c1-12(22-16(19)10-15-4-3-9-23-15)17(20)18-11-13-5-7-14(21-2)8-6-13/h3-9,12H,10-11H2,1-2H3,(H,18,20)/t12-/m1/s1. The molecule has 2 aromatic rings. The van der Waals surface area contributed by atoms with Crippen LogP contribution < -0.4 is 10.1 Å². The first-order chi connectivity index (χ1) is 11.1. The predicted octanol–water partition coefficient (Wildman–Crippen LogP) is 2.55. The van der Waals surface area contributed by atoms with E-state index < -0.39 is 12.1 Å². The maximum atomic E-state index is 12.0. The molecule has 1 aromatic heterocycles. The first-order valence-electron chi connectivity index (χ1n) is 7.21. The Morgan fingerprint density at radius 3 is 2.57 bits per heavy atom. The number of carbonyl (C=O) groups excluding carboxylic acids is 2. The van der Waals surface area contributed by atoms with Gasteiger partial charge in [0, 0.05) is 11.4 Å². The minimum absolute atomic E-state index is 0.188. The van der Waals surface area contributed by atoms with Gasteiger partial charge in [0.25, 0.3) is 5.91 Å². The van der Waals surface area contributed by atoms with Crippen molar-refractivity contribution in [3.05, 3.63) is 52.2 Å². The lowest BCUT2D eigenvalue weighted by Crippen LogP contribution is -2.35. The van der Waals surface area contributed by atoms with Crippen molar-refractivity contribution < 1.29 is 19.1 Å². The van der Waals surface area contributed by atoms with Crippen molar-refractivity contribution in [2.75, 3.05) is 7.11 Å². The molecule has 1 atom stereocenters. The summed E-state index contributed by atoms with van der Waals surface area (Å²) >= 11 is 1.49. The molecule has 2 rings (SSSR count). The van der Waals surface area contributed by atoms with Crippen LogP contribution in [0.1, 0.15) is 17.4 Å². The lowest BCUT2D eigenvalue weighted by atomic mass is 10.2. The molecule has 6 heteroatoms. The monoisotopic (exact) mass is 333 g/mol. The molecular weight excluding hydrogens is 314 g/mol. The first kappa shape index (κ1) is 17.0. The highest BCUT2D eigenvalue weighted by Gasteiger charge is 2.17. The second-order valence-electron chi connectivity index (χ2n) is 4.95. The third-order valence-electron chi connectivity index (χ3n) is 3.20. The third kappa shape index (κ3) is 5.41. The highest BCUT2D eigenvalue weighted by molar-refractivity contribution is 7.10. The highest BCUT2D eigenvalue weighted by atomic mass is 32.1. The summed E-state index contributed by atoms with van der Waals surface area (Å²) in [6.07, 6.45) is -0.631. The van der Waals surface area contributed by atoms with Crippen LogP contribution in [0.5, 0.6) is 5.75 Å². The molecule has 0 aliphatic rings. The molecule has 0 bridgehead atoms. The largest absolute Gasteiger partial charge is 0.497 e. The Morgan fingerprint density at radius 2 is 1.96 bits per heavy atom. The van der Waals surface area contributed by atoms with E-state index in [1.54, 1.807) is 14.0 Å². The SMILES string of the molecule is COc1ccc(CNC(=O)[C@@H](C)OC(=O)Cc2cccs2)cc1. The van der Waals surface area contributed by atoms with E-state index in [4.69, 9.17) is 9.47 Å². The van der Waals surface area contributed by atoms with Crippen LogP contribution in [-0.4, -0.2) is 25.1 Å². The zero-order chi connectivity index (χ0) is 16.7. The fraction of sp³-hybridized carbons (Fsp3) is 0.294. The van der Waals surface area contributed by atoms with E-state index >= 15 is 0 Å². The van der Waals surface area contributed by atoms with E-state index in [-0.39, 0.29) is 12.3 Å². The molecule has 0 radical (unpaired) electrons. The second-order valence-corrected chi connectivity index (χ2v) is 5.99. The normalized spacial score (nSPS) is 11.6. The van der Waals surface area contributed by atoms with Crippen molar-refractivity contribution in [3.63, 3.8) is 0 Å². The van der Waals surface area contributed by atoms with Gasteiger partial charge in [-0.3, -0.25) is 9.59 Å². The van der Waals surface area contributed by atoms with E-state index in [2.05, 4.69) is 5.32 Å². The van der Waals surface area contributed by atoms with Crippen molar-refractivity contribution in [1.29, 1.82) is 0 Å². The van der Waals surface area contributed by atoms with E-state index in [0.29, 0.717) is 6.54 Å². The van der Waals surface area contributed by atoms with Gasteiger partial charge in [0.2, 0.25) is 0 Å². The van der Waals surface area contributed by atoms with Crippen LogP contribution in [0.3, 0.4) is 0 Å². The number of carbonyl (C=O) groups is 2. The van der Waals surface area contributed by atoms with Gasteiger partial charge in [-0.25, -0.2) is 0 Å². The van der Waals surface area contributed by atoms with Crippen LogP contribution in [0.4, 0.5) is 0 Å². The molecule has 1 N–H and O–H groups in total. The van der Waals surface area contributed by atoms with Crippen molar-refractivity contribution in [3.8, 4) is 5.75 Å². The average Bonchev–Trinajstić information content (AvgIpc) is 3.05. The molecule has 0 aliphatic heterocycles. The molecule has 0 unspecified atom stereocenters. The van der Waals surface area contributed by atoms with Crippen molar-refractivity contribution in [2.24, 2.45) is 0 Å². The van der Waals surface area contributed by atoms with Gasteiger partial charge in [0.15, 0.2) is 6.10 Å². The minimum atomic E-state index is -0.819. The molecule has 122 valence electrons. The smallest absolute Gasteiger partial charge is 0.311 e. The number of methoxy groups -OCH3 is 1. The molecule has 1 heterocycles. The maximum absolute atomic E-state index is 12.0. The number of rotatable bonds is 7. The zero-order valence-corrected chi connectivity index (χ0v) is 13.9. The van der Waals surface area contributed by atoms with Crippen LogP contribution in [0.25, 0.3) is 0 Å². The Balaban J connectivity index is 1.76. The van der Waals surface area contributed by atoms with Crippen molar-refractivity contribution in [1.82, 2.24) is 5.32 Å². The minimum Gasteiger partial charge on any atom is -0.497 e. The van der Waals surface area contributed by atoms with Gasteiger partial charge >= 0.3 is 5.97 Å². The van der Waals surface area contributed by atoms with Crippen LogP contribution in [-0.2, 0) is 27.3 Å². The molecule has 0 saturated carbocycles. The van der Waals surface area contributed by atoms with E-state index in [1.807, 2.05) is 41.8 Å². The summed E-state index contributed by atoms with van der Waals surface area (Å²) in [5, 5.41) is 4.64. The summed E-state index contributed by atoms with van der Waals surface area (Å²) < 4.78 is 10.2. The van der Waals surface area contributed by atoms with Crippen LogP contribution >= 0.6 is 11.3 Å². The Labute approximate surface area is 139 Å². The average molecular weight is 333 g/mol. The number of hydrogen-bond acceptors (Lipinski definition) is 5. The maximum Gasteiger partial charge on any atom is 0.311 e. The van der Waals surface area contributed by atoms with Crippen molar-refractivity contribution in [2.45, 2.75) is 26.0 Å². The molecule has 0 saturated heterocycles. The van der Waals surface area contributed by atoms with Gasteiger partial charge in [-0.05, 0) is 36.1 Å². The molecule has 1 aromatic carbocycles. The molecule has 1 amide bonds. The summed E-state index contributed by atoms with van der Waals surface area (Å²) in [5.41, 5.74) is 0.941. The number of ether oxygens (including phenoxy) is 2. The highest BCUT2D eigenvalue weighted by Crippen LogP contribution is 2.12. The predicted molar refractivity (Wildman–Crippen MR) is 88.4 cm³/mol. The van der Waals surface area contributed by atoms with Gasteiger partial charge in [0.05, 0.1) is 13.5 Å². The van der Waals surface area contributed by atoms with Gasteiger partial charge in [-0.1, -0.05) is 18.2 Å². The topological polar surface area (TPSA) is 64.6 Å². The van der Waals surface area contributed by atoms with E-state index in [0.717, 1.165) is 16.2 Å². The number of benzene rings is 1. The third-order valence-corrected chi connectivity index (χ3v) is 4.08. The van der Waals surface area contributed by atoms with Crippen LogP contribution in [0.15, 0.2) is 41.8 Å².